The Hall–Kier alpha value is -2.54. The zero-order valence-corrected chi connectivity index (χ0v) is 14.6. The van der Waals surface area contributed by atoms with Crippen LogP contribution in [0.1, 0.15) is 13.3 Å². The van der Waals surface area contributed by atoms with Gasteiger partial charge in [-0.25, -0.2) is 14.2 Å². The number of nitrogens with zero attached hydrogens (tertiary/aromatic N) is 1. The lowest BCUT2D eigenvalue weighted by Gasteiger charge is -2.10. The maximum atomic E-state index is 13.5. The molecule has 0 amide bonds. The van der Waals surface area contributed by atoms with E-state index in [0.717, 1.165) is 6.08 Å². The molecule has 0 saturated carbocycles. The highest BCUT2D eigenvalue weighted by atomic mass is 35.5. The molecule has 0 atom stereocenters. The molecular formula is C17H20ClFN2O4. The highest BCUT2D eigenvalue weighted by Crippen LogP contribution is 2.23. The van der Waals surface area contributed by atoms with Gasteiger partial charge in [-0.1, -0.05) is 24.3 Å². The predicted octanol–water partition coefficient (Wildman–Crippen LogP) is 3.24. The van der Waals surface area contributed by atoms with Gasteiger partial charge in [0.2, 0.25) is 0 Å². The Bertz CT molecular complexity index is 662. The monoisotopic (exact) mass is 370 g/mol. The molecular weight excluding hydrogens is 351 g/mol. The molecule has 1 aromatic heterocycles. The van der Waals surface area contributed by atoms with Crippen molar-refractivity contribution in [2.75, 3.05) is 19.8 Å². The molecule has 0 bridgehead atoms. The summed E-state index contributed by atoms with van der Waals surface area (Å²) in [7, 11) is 0. The van der Waals surface area contributed by atoms with E-state index in [0.29, 0.717) is 12.2 Å². The number of hydrogen-bond acceptors (Lipinski definition) is 6. The van der Waals surface area contributed by atoms with Crippen LogP contribution in [0.2, 0.25) is 0 Å². The Morgan fingerprint density at radius 2 is 2.24 bits per heavy atom. The highest BCUT2D eigenvalue weighted by Gasteiger charge is 2.09. The highest BCUT2D eigenvalue weighted by molar-refractivity contribution is 6.30. The van der Waals surface area contributed by atoms with Crippen molar-refractivity contribution in [1.29, 1.82) is 0 Å². The number of pyridine rings is 1. The summed E-state index contributed by atoms with van der Waals surface area (Å²) in [6.45, 7) is 5.26. The maximum absolute atomic E-state index is 13.5. The molecule has 0 radical (unpaired) electrons. The van der Waals surface area contributed by atoms with Crippen molar-refractivity contribution in [3.8, 4) is 11.6 Å². The Labute approximate surface area is 150 Å². The Balaban J connectivity index is 2.55. The fraction of sp³-hybridized carbons (Fsp3) is 0.294. The van der Waals surface area contributed by atoms with Crippen molar-refractivity contribution in [2.24, 2.45) is 5.73 Å². The second kappa shape index (κ2) is 11.1. The predicted molar refractivity (Wildman–Crippen MR) is 92.9 cm³/mol. The summed E-state index contributed by atoms with van der Waals surface area (Å²) in [4.78, 5) is 15.3. The number of rotatable bonds is 10. The normalized spacial score (nSPS) is 11.8. The van der Waals surface area contributed by atoms with E-state index in [4.69, 9.17) is 31.5 Å². The standard InChI is InChI=1S/C17H20ClFN2O4/c1-3-23-16(22)11-25-17-15(7-4-8-21-17)24-9-5-6-14(20)13(19)10-12(2)18/h4,6-8,10H,2-3,5,9,11,20H2,1H3/b13-10+,14-6?. The molecule has 0 spiro atoms. The molecule has 0 saturated heterocycles. The minimum atomic E-state index is -0.667. The third-order valence-corrected chi connectivity index (χ3v) is 2.78. The van der Waals surface area contributed by atoms with Crippen molar-refractivity contribution in [1.82, 2.24) is 4.98 Å². The number of aromatic nitrogens is 1. The largest absolute Gasteiger partial charge is 0.488 e. The molecule has 6 nitrogen and oxygen atoms in total. The van der Waals surface area contributed by atoms with E-state index in [1.807, 2.05) is 0 Å². The molecule has 0 aliphatic carbocycles. The van der Waals surface area contributed by atoms with Gasteiger partial charge in [-0.2, -0.15) is 0 Å². The van der Waals surface area contributed by atoms with Crippen molar-refractivity contribution < 1.29 is 23.4 Å². The SMILES string of the molecule is C=C(Cl)/C=C(/F)C(N)=CCCOc1cccnc1OCC(=O)OCC. The van der Waals surface area contributed by atoms with Crippen molar-refractivity contribution in [3.05, 3.63) is 53.6 Å². The van der Waals surface area contributed by atoms with Crippen LogP contribution in [0.25, 0.3) is 0 Å². The number of carbonyl (C=O) groups excluding carboxylic acids is 1. The summed E-state index contributed by atoms with van der Waals surface area (Å²) >= 11 is 5.48. The fourth-order valence-corrected chi connectivity index (χ4v) is 1.72. The second-order valence-corrected chi connectivity index (χ2v) is 5.12. The molecule has 1 heterocycles. The van der Waals surface area contributed by atoms with Crippen molar-refractivity contribution in [2.45, 2.75) is 13.3 Å². The van der Waals surface area contributed by atoms with Gasteiger partial charge in [-0.15, -0.1) is 0 Å². The first kappa shape index (κ1) is 20.5. The van der Waals surface area contributed by atoms with E-state index in [1.165, 1.54) is 12.3 Å². The number of ether oxygens (including phenoxy) is 3. The van der Waals surface area contributed by atoms with Crippen LogP contribution in [0.4, 0.5) is 4.39 Å². The van der Waals surface area contributed by atoms with Crippen LogP contribution in [-0.4, -0.2) is 30.8 Å². The van der Waals surface area contributed by atoms with Gasteiger partial charge in [0.15, 0.2) is 12.4 Å². The summed E-state index contributed by atoms with van der Waals surface area (Å²) in [6.07, 6.45) is 4.33. The molecule has 0 fully saturated rings. The minimum Gasteiger partial charge on any atom is -0.488 e. The summed E-state index contributed by atoms with van der Waals surface area (Å²) in [5, 5.41) is 0.0452. The average molecular weight is 371 g/mol. The molecule has 0 aliphatic heterocycles. The molecule has 2 N–H and O–H groups in total. The quantitative estimate of drug-likeness (QED) is 0.386. The molecule has 25 heavy (non-hydrogen) atoms. The zero-order chi connectivity index (χ0) is 18.7. The Morgan fingerprint density at radius 3 is 2.92 bits per heavy atom. The van der Waals surface area contributed by atoms with E-state index < -0.39 is 11.8 Å². The van der Waals surface area contributed by atoms with E-state index in [2.05, 4.69) is 11.6 Å². The number of hydrogen-bond donors (Lipinski definition) is 1. The fourth-order valence-electron chi connectivity index (χ4n) is 1.63. The number of allylic oxidation sites excluding steroid dienone is 3. The third-order valence-electron chi connectivity index (χ3n) is 2.67. The van der Waals surface area contributed by atoms with Crippen LogP contribution in [0.15, 0.2) is 53.6 Å². The molecule has 136 valence electrons. The van der Waals surface area contributed by atoms with Gasteiger partial charge in [-0.3, -0.25) is 0 Å². The van der Waals surface area contributed by atoms with Gasteiger partial charge in [0, 0.05) is 17.6 Å². The zero-order valence-electron chi connectivity index (χ0n) is 13.8. The van der Waals surface area contributed by atoms with Crippen molar-refractivity contribution >= 4 is 17.6 Å². The number of nitrogens with two attached hydrogens (primary N) is 1. The average Bonchev–Trinajstić information content (AvgIpc) is 2.57. The van der Waals surface area contributed by atoms with Crippen LogP contribution in [0.5, 0.6) is 11.6 Å². The summed E-state index contributed by atoms with van der Waals surface area (Å²) in [5.41, 5.74) is 5.50. The molecule has 0 unspecified atom stereocenters. The molecule has 8 heteroatoms. The molecule has 0 aromatic carbocycles. The Morgan fingerprint density at radius 1 is 1.48 bits per heavy atom. The lowest BCUT2D eigenvalue weighted by atomic mass is 10.3. The maximum Gasteiger partial charge on any atom is 0.344 e. The van der Waals surface area contributed by atoms with Gasteiger partial charge >= 0.3 is 5.97 Å². The molecule has 1 rings (SSSR count). The molecule has 0 aliphatic rings. The first-order valence-corrected chi connectivity index (χ1v) is 7.85. The van der Waals surface area contributed by atoms with Crippen LogP contribution < -0.4 is 15.2 Å². The first-order valence-electron chi connectivity index (χ1n) is 7.47. The Kier molecular flexibility index (Phi) is 9.10. The van der Waals surface area contributed by atoms with E-state index in [9.17, 15) is 9.18 Å². The van der Waals surface area contributed by atoms with Crippen LogP contribution >= 0.6 is 11.6 Å². The van der Waals surface area contributed by atoms with Crippen molar-refractivity contribution in [3.63, 3.8) is 0 Å². The van der Waals surface area contributed by atoms with Gasteiger partial charge in [0.05, 0.1) is 18.9 Å². The topological polar surface area (TPSA) is 83.7 Å². The minimum absolute atomic E-state index is 0.0452. The van der Waals surface area contributed by atoms with Gasteiger partial charge in [0.25, 0.3) is 5.88 Å². The van der Waals surface area contributed by atoms with E-state index >= 15 is 0 Å². The van der Waals surface area contributed by atoms with Crippen LogP contribution in [-0.2, 0) is 9.53 Å². The molecule has 1 aromatic rings. The lowest BCUT2D eigenvalue weighted by molar-refractivity contribution is -0.145. The summed E-state index contributed by atoms with van der Waals surface area (Å²) in [5.74, 6) is -0.654. The number of halogens is 2. The number of esters is 1. The van der Waals surface area contributed by atoms with Gasteiger partial charge in [0.1, 0.15) is 5.83 Å². The first-order chi connectivity index (χ1) is 11.9. The van der Waals surface area contributed by atoms with Gasteiger partial charge < -0.3 is 19.9 Å². The summed E-state index contributed by atoms with van der Waals surface area (Å²) in [6, 6.07) is 3.30. The van der Waals surface area contributed by atoms with Crippen LogP contribution in [0.3, 0.4) is 0 Å². The van der Waals surface area contributed by atoms with Crippen LogP contribution in [0, 0.1) is 0 Å². The smallest absolute Gasteiger partial charge is 0.344 e. The van der Waals surface area contributed by atoms with Gasteiger partial charge in [-0.05, 0) is 25.1 Å². The lowest BCUT2D eigenvalue weighted by Crippen LogP contribution is -2.15. The number of carbonyl (C=O) groups is 1. The third kappa shape index (κ3) is 8.21. The second-order valence-electron chi connectivity index (χ2n) is 4.64. The summed E-state index contributed by atoms with van der Waals surface area (Å²) < 4.78 is 29.1. The van der Waals surface area contributed by atoms with E-state index in [1.54, 1.807) is 19.1 Å². The van der Waals surface area contributed by atoms with E-state index in [-0.39, 0.29) is 36.4 Å².